The van der Waals surface area contributed by atoms with Crippen molar-refractivity contribution in [3.05, 3.63) is 42.5 Å². The number of nitrogens with zero attached hydrogens (tertiary/aromatic N) is 2. The van der Waals surface area contributed by atoms with Gasteiger partial charge < -0.3 is 13.9 Å². The third-order valence-electron chi connectivity index (χ3n) is 2.45. The number of allylic oxidation sites excluding steroid dienone is 2. The molecular formula is C10H6N2O4. The summed E-state index contributed by atoms with van der Waals surface area (Å²) in [5.74, 6) is -0.504. The lowest BCUT2D eigenvalue weighted by Crippen LogP contribution is -2.27. The molecule has 0 saturated carbocycles. The second-order valence-electron chi connectivity index (χ2n) is 3.33. The molecule has 0 amide bonds. The summed E-state index contributed by atoms with van der Waals surface area (Å²) in [5, 5.41) is 9.76. The summed E-state index contributed by atoms with van der Waals surface area (Å²) < 4.78 is 9.92. The van der Waals surface area contributed by atoms with Gasteiger partial charge >= 0.3 is 0 Å². The lowest BCUT2D eigenvalue weighted by molar-refractivity contribution is -0.117. The maximum absolute atomic E-state index is 11.8. The maximum atomic E-state index is 11.8. The predicted molar refractivity (Wildman–Crippen MR) is 50.3 cm³/mol. The Morgan fingerprint density at radius 1 is 1.19 bits per heavy atom. The number of ketones is 1. The van der Waals surface area contributed by atoms with Crippen molar-refractivity contribution in [3.8, 4) is 0 Å². The van der Waals surface area contributed by atoms with Crippen molar-refractivity contribution in [2.24, 2.45) is 0 Å². The van der Waals surface area contributed by atoms with E-state index >= 15 is 0 Å². The molecule has 6 heteroatoms. The van der Waals surface area contributed by atoms with Gasteiger partial charge in [-0.15, -0.1) is 0 Å². The molecule has 0 radical (unpaired) electrons. The molecule has 2 aromatic heterocycles. The summed E-state index contributed by atoms with van der Waals surface area (Å²) >= 11 is 0. The van der Waals surface area contributed by atoms with Crippen LogP contribution in [0.5, 0.6) is 0 Å². The Bertz CT molecular complexity index is 554. The summed E-state index contributed by atoms with van der Waals surface area (Å²) in [6.07, 6.45) is 5.18. The van der Waals surface area contributed by atoms with Gasteiger partial charge in [0.2, 0.25) is 0 Å². The number of hydrogen-bond donors (Lipinski definition) is 1. The highest BCUT2D eigenvalue weighted by atomic mass is 16.4. The van der Waals surface area contributed by atoms with Crippen LogP contribution in [0.4, 0.5) is 0 Å². The molecule has 1 aliphatic rings. The Kier molecular flexibility index (Phi) is 1.70. The van der Waals surface area contributed by atoms with Gasteiger partial charge in [0.1, 0.15) is 23.0 Å². The minimum absolute atomic E-state index is 0.0708. The number of carbonyl (C=O) groups excluding carboxylic acids is 1. The summed E-state index contributed by atoms with van der Waals surface area (Å²) in [7, 11) is 0. The number of oxazole rings is 2. The molecule has 2 heterocycles. The predicted octanol–water partition coefficient (Wildman–Crippen LogP) is 1.30. The van der Waals surface area contributed by atoms with Crippen molar-refractivity contribution in [3.63, 3.8) is 0 Å². The molecular weight excluding hydrogens is 212 g/mol. The van der Waals surface area contributed by atoms with Crippen LogP contribution in [0.2, 0.25) is 0 Å². The molecule has 2 aromatic rings. The summed E-state index contributed by atoms with van der Waals surface area (Å²) in [6, 6.07) is 0. The zero-order chi connectivity index (χ0) is 11.1. The Hall–Kier alpha value is -2.37. The minimum atomic E-state index is -0.761. The standard InChI is InChI=1S/C10H6N2O4/c13-9-7(5-1-11-3-15-5)10(14)8(9)6-2-12-4-16-6/h1-4,7,13H. The van der Waals surface area contributed by atoms with Gasteiger partial charge in [0.25, 0.3) is 0 Å². The van der Waals surface area contributed by atoms with Gasteiger partial charge in [-0.25, -0.2) is 9.97 Å². The Morgan fingerprint density at radius 3 is 2.50 bits per heavy atom. The molecule has 0 fully saturated rings. The van der Waals surface area contributed by atoms with E-state index in [9.17, 15) is 9.90 Å². The van der Waals surface area contributed by atoms with E-state index in [0.29, 0.717) is 5.76 Å². The van der Waals surface area contributed by atoms with Crippen LogP contribution in [0.3, 0.4) is 0 Å². The Labute approximate surface area is 89.2 Å². The van der Waals surface area contributed by atoms with Crippen LogP contribution in [0.25, 0.3) is 5.57 Å². The highest BCUT2D eigenvalue weighted by Crippen LogP contribution is 2.42. The van der Waals surface area contributed by atoms with Crippen molar-refractivity contribution in [1.29, 1.82) is 0 Å². The van der Waals surface area contributed by atoms with E-state index in [1.807, 2.05) is 0 Å². The lowest BCUT2D eigenvalue weighted by Gasteiger charge is -2.23. The first-order valence-electron chi connectivity index (χ1n) is 4.53. The number of carbonyl (C=O) groups is 1. The molecule has 0 saturated heterocycles. The van der Waals surface area contributed by atoms with Gasteiger partial charge in [-0.3, -0.25) is 4.79 Å². The van der Waals surface area contributed by atoms with Crippen LogP contribution in [-0.2, 0) is 4.79 Å². The van der Waals surface area contributed by atoms with Crippen LogP contribution < -0.4 is 0 Å². The molecule has 1 atom stereocenters. The molecule has 0 bridgehead atoms. The fraction of sp³-hybridized carbons (Fsp3) is 0.100. The average Bonchev–Trinajstić information content (AvgIpc) is 2.91. The molecule has 1 unspecified atom stereocenters. The topological polar surface area (TPSA) is 89.4 Å². The number of rotatable bonds is 2. The fourth-order valence-electron chi connectivity index (χ4n) is 1.68. The monoisotopic (exact) mass is 218 g/mol. The van der Waals surface area contributed by atoms with E-state index in [4.69, 9.17) is 8.83 Å². The van der Waals surface area contributed by atoms with E-state index in [1.54, 1.807) is 0 Å². The number of aliphatic hydroxyl groups is 1. The summed E-state index contributed by atoms with van der Waals surface area (Å²) in [5.41, 5.74) is 0.152. The number of hydrogen-bond acceptors (Lipinski definition) is 6. The first kappa shape index (κ1) is 8.90. The Morgan fingerprint density at radius 2 is 1.94 bits per heavy atom. The van der Waals surface area contributed by atoms with Crippen LogP contribution in [0, 0.1) is 0 Å². The number of Topliss-reactive ketones (excluding diaryl/α,β-unsaturated/α-hetero) is 1. The molecule has 1 aliphatic carbocycles. The van der Waals surface area contributed by atoms with Gasteiger partial charge in [0, 0.05) is 0 Å². The van der Waals surface area contributed by atoms with Crippen LogP contribution in [0.15, 0.2) is 39.8 Å². The van der Waals surface area contributed by atoms with Gasteiger partial charge in [-0.05, 0) is 0 Å². The summed E-state index contributed by atoms with van der Waals surface area (Å²) in [6.45, 7) is 0. The summed E-state index contributed by atoms with van der Waals surface area (Å²) in [4.78, 5) is 19.2. The third kappa shape index (κ3) is 1.04. The normalized spacial score (nSPS) is 20.0. The number of aromatic nitrogens is 2. The van der Waals surface area contributed by atoms with Gasteiger partial charge in [0.05, 0.1) is 12.4 Å². The van der Waals surface area contributed by atoms with Gasteiger partial charge in [-0.2, -0.15) is 0 Å². The molecule has 0 aliphatic heterocycles. The van der Waals surface area contributed by atoms with Crippen LogP contribution in [-0.4, -0.2) is 20.9 Å². The van der Waals surface area contributed by atoms with Gasteiger partial charge in [-0.1, -0.05) is 0 Å². The van der Waals surface area contributed by atoms with Crippen LogP contribution >= 0.6 is 0 Å². The van der Waals surface area contributed by atoms with Crippen molar-refractivity contribution in [1.82, 2.24) is 9.97 Å². The second-order valence-corrected chi connectivity index (χ2v) is 3.33. The average molecular weight is 218 g/mol. The van der Waals surface area contributed by atoms with E-state index < -0.39 is 5.92 Å². The van der Waals surface area contributed by atoms with Crippen molar-refractivity contribution in [2.75, 3.05) is 0 Å². The maximum Gasteiger partial charge on any atom is 0.188 e. The SMILES string of the molecule is O=C1C(c2cnco2)=C(O)C1c1cnco1. The van der Waals surface area contributed by atoms with Crippen LogP contribution in [0.1, 0.15) is 17.4 Å². The smallest absolute Gasteiger partial charge is 0.188 e. The first-order chi connectivity index (χ1) is 7.79. The first-order valence-corrected chi connectivity index (χ1v) is 4.53. The minimum Gasteiger partial charge on any atom is -0.510 e. The van der Waals surface area contributed by atoms with Crippen molar-refractivity contribution >= 4 is 11.4 Å². The largest absolute Gasteiger partial charge is 0.510 e. The molecule has 3 rings (SSSR count). The Balaban J connectivity index is 2.02. The molecule has 80 valence electrons. The molecule has 1 N–H and O–H groups in total. The van der Waals surface area contributed by atoms with Crippen molar-refractivity contribution < 1.29 is 18.7 Å². The highest BCUT2D eigenvalue weighted by Gasteiger charge is 2.44. The zero-order valence-corrected chi connectivity index (χ0v) is 7.95. The van der Waals surface area contributed by atoms with E-state index in [1.165, 1.54) is 25.2 Å². The quantitative estimate of drug-likeness (QED) is 0.816. The third-order valence-corrected chi connectivity index (χ3v) is 2.45. The second kappa shape index (κ2) is 3.06. The highest BCUT2D eigenvalue weighted by molar-refractivity contribution is 6.31. The van der Waals surface area contributed by atoms with Gasteiger partial charge in [0.15, 0.2) is 24.3 Å². The van der Waals surface area contributed by atoms with E-state index in [2.05, 4.69) is 9.97 Å². The zero-order valence-electron chi connectivity index (χ0n) is 7.95. The molecule has 6 nitrogen and oxygen atoms in total. The molecule has 0 aromatic carbocycles. The fourth-order valence-corrected chi connectivity index (χ4v) is 1.68. The molecule has 16 heavy (non-hydrogen) atoms. The van der Waals surface area contributed by atoms with E-state index in [-0.39, 0.29) is 22.9 Å². The lowest BCUT2D eigenvalue weighted by atomic mass is 9.80. The van der Waals surface area contributed by atoms with E-state index in [0.717, 1.165) is 0 Å². The number of aliphatic hydroxyl groups excluding tert-OH is 1. The molecule has 0 spiro atoms. The van der Waals surface area contributed by atoms with Crippen molar-refractivity contribution in [2.45, 2.75) is 5.92 Å².